The van der Waals surface area contributed by atoms with Gasteiger partial charge in [-0.2, -0.15) is 0 Å². The van der Waals surface area contributed by atoms with Crippen molar-refractivity contribution in [3.8, 4) is 0 Å². The topological polar surface area (TPSA) is 29.3 Å². The smallest absolute Gasteiger partial charge is 0.0346 e. The lowest BCUT2D eigenvalue weighted by molar-refractivity contribution is 0.319. The summed E-state index contributed by atoms with van der Waals surface area (Å²) in [5, 5.41) is 0. The van der Waals surface area contributed by atoms with Crippen LogP contribution < -0.4 is 5.73 Å². The molecule has 0 radical (unpaired) electrons. The van der Waals surface area contributed by atoms with Gasteiger partial charge in [0.1, 0.15) is 0 Å². The molecule has 19 heavy (non-hydrogen) atoms. The van der Waals surface area contributed by atoms with Gasteiger partial charge in [0, 0.05) is 23.2 Å². The minimum Gasteiger partial charge on any atom is -0.399 e. The fourth-order valence-corrected chi connectivity index (χ4v) is 2.32. The van der Waals surface area contributed by atoms with Crippen molar-refractivity contribution in [3.05, 3.63) is 63.6 Å². The predicted molar refractivity (Wildman–Crippen MR) is 84.9 cm³/mol. The van der Waals surface area contributed by atoms with E-state index in [9.17, 15) is 0 Å². The van der Waals surface area contributed by atoms with Gasteiger partial charge in [-0.25, -0.2) is 0 Å². The summed E-state index contributed by atoms with van der Waals surface area (Å²) in [5.74, 6) is 0. The first-order chi connectivity index (χ1) is 9.04. The Bertz CT molecular complexity index is 549. The molecule has 0 bridgehead atoms. The summed E-state index contributed by atoms with van der Waals surface area (Å²) >= 11 is 3.45. The van der Waals surface area contributed by atoms with Crippen molar-refractivity contribution in [1.29, 1.82) is 0 Å². The van der Waals surface area contributed by atoms with Crippen molar-refractivity contribution in [2.24, 2.45) is 0 Å². The molecule has 0 aliphatic carbocycles. The van der Waals surface area contributed by atoms with Gasteiger partial charge >= 0.3 is 0 Å². The van der Waals surface area contributed by atoms with Gasteiger partial charge < -0.3 is 5.73 Å². The van der Waals surface area contributed by atoms with Crippen molar-refractivity contribution in [2.45, 2.75) is 20.0 Å². The van der Waals surface area contributed by atoms with E-state index in [1.807, 2.05) is 6.92 Å². The molecule has 0 spiro atoms. The Morgan fingerprint density at radius 1 is 1.00 bits per heavy atom. The summed E-state index contributed by atoms with van der Waals surface area (Å²) in [7, 11) is 2.12. The Labute approximate surface area is 123 Å². The maximum atomic E-state index is 5.94. The Morgan fingerprint density at radius 2 is 1.58 bits per heavy atom. The third-order valence-corrected chi connectivity index (χ3v) is 3.69. The van der Waals surface area contributed by atoms with Crippen LogP contribution in [-0.2, 0) is 13.1 Å². The molecule has 0 atom stereocenters. The molecule has 0 aliphatic heterocycles. The van der Waals surface area contributed by atoms with Crippen LogP contribution in [0.25, 0.3) is 0 Å². The zero-order valence-corrected chi connectivity index (χ0v) is 12.9. The molecule has 0 saturated carbocycles. The highest BCUT2D eigenvalue weighted by Gasteiger charge is 2.03. The number of hydrogen-bond acceptors (Lipinski definition) is 2. The molecule has 2 aromatic carbocycles. The average Bonchev–Trinajstić information content (AvgIpc) is 2.37. The highest BCUT2D eigenvalue weighted by atomic mass is 79.9. The van der Waals surface area contributed by atoms with Crippen LogP contribution in [0.4, 0.5) is 5.69 Å². The standard InChI is InChI=1S/C16H19BrN2/c1-12-3-4-14(9-16(12)18)11-19(2)10-13-5-7-15(17)8-6-13/h3-9H,10-11,18H2,1-2H3. The molecule has 0 heterocycles. The van der Waals surface area contributed by atoms with Crippen molar-refractivity contribution in [3.63, 3.8) is 0 Å². The first kappa shape index (κ1) is 14.1. The van der Waals surface area contributed by atoms with Gasteiger partial charge in [0.15, 0.2) is 0 Å². The van der Waals surface area contributed by atoms with E-state index in [1.54, 1.807) is 0 Å². The van der Waals surface area contributed by atoms with Crippen molar-refractivity contribution < 1.29 is 0 Å². The second-order valence-corrected chi connectivity index (χ2v) is 5.91. The van der Waals surface area contributed by atoms with Gasteiger partial charge in [0.05, 0.1) is 0 Å². The predicted octanol–water partition coefficient (Wildman–Crippen LogP) is 3.97. The summed E-state index contributed by atoms with van der Waals surface area (Å²) < 4.78 is 1.12. The number of nitrogens with zero attached hydrogens (tertiary/aromatic N) is 1. The minimum absolute atomic E-state index is 0.870. The monoisotopic (exact) mass is 318 g/mol. The Balaban J connectivity index is 1.98. The quantitative estimate of drug-likeness (QED) is 0.864. The first-order valence-corrected chi connectivity index (χ1v) is 7.12. The summed E-state index contributed by atoms with van der Waals surface area (Å²) in [4.78, 5) is 2.29. The molecular formula is C16H19BrN2. The van der Waals surface area contributed by atoms with Crippen LogP contribution in [-0.4, -0.2) is 11.9 Å². The van der Waals surface area contributed by atoms with Gasteiger partial charge in [-0.1, -0.05) is 40.2 Å². The molecule has 2 nitrogen and oxygen atoms in total. The van der Waals surface area contributed by atoms with E-state index in [1.165, 1.54) is 11.1 Å². The number of nitrogen functional groups attached to an aromatic ring is 1. The summed E-state index contributed by atoms with van der Waals surface area (Å²) in [6.45, 7) is 3.87. The van der Waals surface area contributed by atoms with Crippen LogP contribution in [0.1, 0.15) is 16.7 Å². The van der Waals surface area contributed by atoms with E-state index < -0.39 is 0 Å². The van der Waals surface area contributed by atoms with Crippen LogP contribution in [0.15, 0.2) is 46.9 Å². The molecule has 0 amide bonds. The van der Waals surface area contributed by atoms with Gasteiger partial charge in [-0.3, -0.25) is 4.90 Å². The summed E-state index contributed by atoms with van der Waals surface area (Å²) in [6.07, 6.45) is 0. The van der Waals surface area contributed by atoms with E-state index in [0.29, 0.717) is 0 Å². The average molecular weight is 319 g/mol. The van der Waals surface area contributed by atoms with E-state index >= 15 is 0 Å². The molecule has 100 valence electrons. The first-order valence-electron chi connectivity index (χ1n) is 6.32. The lowest BCUT2D eigenvalue weighted by Gasteiger charge is -2.17. The highest BCUT2D eigenvalue weighted by molar-refractivity contribution is 9.10. The Hall–Kier alpha value is -1.32. The Kier molecular flexibility index (Phi) is 4.61. The van der Waals surface area contributed by atoms with E-state index in [-0.39, 0.29) is 0 Å². The zero-order valence-electron chi connectivity index (χ0n) is 11.4. The lowest BCUT2D eigenvalue weighted by Crippen LogP contribution is -2.17. The van der Waals surface area contributed by atoms with Crippen molar-refractivity contribution >= 4 is 21.6 Å². The van der Waals surface area contributed by atoms with Crippen LogP contribution in [0.3, 0.4) is 0 Å². The molecule has 2 aromatic rings. The summed E-state index contributed by atoms with van der Waals surface area (Å²) in [6, 6.07) is 14.7. The molecule has 3 heteroatoms. The highest BCUT2D eigenvalue weighted by Crippen LogP contribution is 2.16. The SMILES string of the molecule is Cc1ccc(CN(C)Cc2ccc(Br)cc2)cc1N. The van der Waals surface area contributed by atoms with Gasteiger partial charge in [0.2, 0.25) is 0 Å². The maximum Gasteiger partial charge on any atom is 0.0346 e. The van der Waals surface area contributed by atoms with Crippen LogP contribution >= 0.6 is 15.9 Å². The Morgan fingerprint density at radius 3 is 2.21 bits per heavy atom. The van der Waals surface area contributed by atoms with E-state index in [2.05, 4.69) is 70.3 Å². The molecule has 2 N–H and O–H groups in total. The zero-order chi connectivity index (χ0) is 13.8. The number of aryl methyl sites for hydroxylation is 1. The second-order valence-electron chi connectivity index (χ2n) is 4.99. The fraction of sp³-hybridized carbons (Fsp3) is 0.250. The van der Waals surface area contributed by atoms with E-state index in [4.69, 9.17) is 5.73 Å². The fourth-order valence-electron chi connectivity index (χ4n) is 2.06. The van der Waals surface area contributed by atoms with Gasteiger partial charge in [-0.15, -0.1) is 0 Å². The molecule has 0 unspecified atom stereocenters. The molecule has 0 aliphatic rings. The number of halogens is 1. The largest absolute Gasteiger partial charge is 0.399 e. The van der Waals surface area contributed by atoms with Crippen LogP contribution in [0.5, 0.6) is 0 Å². The third-order valence-electron chi connectivity index (χ3n) is 3.16. The third kappa shape index (κ3) is 4.08. The minimum atomic E-state index is 0.870. The number of hydrogen-bond donors (Lipinski definition) is 1. The molecule has 2 rings (SSSR count). The lowest BCUT2D eigenvalue weighted by atomic mass is 10.1. The van der Waals surface area contributed by atoms with Gasteiger partial charge in [0.25, 0.3) is 0 Å². The molecule has 0 fully saturated rings. The molecule has 0 saturated heterocycles. The van der Waals surface area contributed by atoms with Gasteiger partial charge in [-0.05, 0) is 48.9 Å². The number of anilines is 1. The van der Waals surface area contributed by atoms with Crippen molar-refractivity contribution in [2.75, 3.05) is 12.8 Å². The number of rotatable bonds is 4. The molecular weight excluding hydrogens is 300 g/mol. The van der Waals surface area contributed by atoms with E-state index in [0.717, 1.165) is 28.8 Å². The summed E-state index contributed by atoms with van der Waals surface area (Å²) in [5.41, 5.74) is 10.5. The van der Waals surface area contributed by atoms with Crippen LogP contribution in [0.2, 0.25) is 0 Å². The number of nitrogens with two attached hydrogens (primary N) is 1. The van der Waals surface area contributed by atoms with Crippen molar-refractivity contribution in [1.82, 2.24) is 4.90 Å². The second kappa shape index (κ2) is 6.22. The molecule has 0 aromatic heterocycles. The normalized spacial score (nSPS) is 10.9. The van der Waals surface area contributed by atoms with Crippen LogP contribution in [0, 0.1) is 6.92 Å². The number of benzene rings is 2. The maximum absolute atomic E-state index is 5.94.